The molecule has 4 rings (SSSR count). The predicted octanol–water partition coefficient (Wildman–Crippen LogP) is 2.69. The summed E-state index contributed by atoms with van der Waals surface area (Å²) < 4.78 is 11.4. The van der Waals surface area contributed by atoms with E-state index in [4.69, 9.17) is 9.47 Å². The third-order valence-corrected chi connectivity index (χ3v) is 4.90. The fourth-order valence-electron chi connectivity index (χ4n) is 2.66. The Morgan fingerprint density at radius 3 is 2.62 bits per heavy atom. The Morgan fingerprint density at radius 2 is 1.81 bits per heavy atom. The molecule has 8 heteroatoms. The summed E-state index contributed by atoms with van der Waals surface area (Å²) in [5.74, 6) is -0.457. The van der Waals surface area contributed by atoms with Crippen molar-refractivity contribution in [2.75, 3.05) is 11.7 Å². The van der Waals surface area contributed by atoms with E-state index < -0.39 is 17.8 Å². The molecule has 1 N–H and O–H groups in total. The molecule has 0 spiro atoms. The van der Waals surface area contributed by atoms with Gasteiger partial charge in [-0.25, -0.2) is 9.69 Å². The molecule has 0 unspecified atom stereocenters. The minimum Gasteiger partial charge on any atom is -0.454 e. The molecule has 1 fully saturated rings. The fourth-order valence-corrected chi connectivity index (χ4v) is 3.21. The van der Waals surface area contributed by atoms with Gasteiger partial charge in [-0.3, -0.25) is 14.9 Å². The molecule has 0 aromatic heterocycles. The van der Waals surface area contributed by atoms with Crippen molar-refractivity contribution in [3.8, 4) is 11.5 Å². The molecule has 2 aromatic carbocycles. The lowest BCUT2D eigenvalue weighted by Gasteiger charge is -2.26. The van der Waals surface area contributed by atoms with Gasteiger partial charge in [0, 0.05) is 9.64 Å². The third-order valence-electron chi connectivity index (χ3n) is 3.92. The summed E-state index contributed by atoms with van der Waals surface area (Å²) in [6.45, 7) is 0.0784. The summed E-state index contributed by atoms with van der Waals surface area (Å²) in [5.41, 5.74) is 0.885. The average molecular weight is 462 g/mol. The van der Waals surface area contributed by atoms with Crippen molar-refractivity contribution in [3.63, 3.8) is 0 Å². The molecular weight excluding hydrogens is 451 g/mol. The summed E-state index contributed by atoms with van der Waals surface area (Å²) in [7, 11) is 0. The van der Waals surface area contributed by atoms with E-state index >= 15 is 0 Å². The minimum atomic E-state index is -0.807. The van der Waals surface area contributed by atoms with E-state index in [1.165, 1.54) is 12.1 Å². The van der Waals surface area contributed by atoms with Gasteiger partial charge in [0.25, 0.3) is 11.8 Å². The first kappa shape index (κ1) is 16.6. The van der Waals surface area contributed by atoms with Crippen molar-refractivity contribution in [2.45, 2.75) is 0 Å². The van der Waals surface area contributed by atoms with Crippen LogP contribution in [-0.2, 0) is 9.59 Å². The molecule has 7 nitrogen and oxygen atoms in total. The van der Waals surface area contributed by atoms with Crippen LogP contribution in [0.15, 0.2) is 48.0 Å². The predicted molar refractivity (Wildman–Crippen MR) is 101 cm³/mol. The van der Waals surface area contributed by atoms with Crippen LogP contribution in [0, 0.1) is 3.57 Å². The molecule has 2 aliphatic heterocycles. The Balaban J connectivity index is 1.74. The Bertz CT molecular complexity index is 985. The first-order valence-electron chi connectivity index (χ1n) is 7.60. The zero-order valence-corrected chi connectivity index (χ0v) is 15.3. The number of carbonyl (C=O) groups excluding carboxylic acids is 3. The lowest BCUT2D eigenvalue weighted by Crippen LogP contribution is -2.54. The molecule has 0 saturated carbocycles. The Morgan fingerprint density at radius 1 is 1.04 bits per heavy atom. The normalized spacial score (nSPS) is 17.7. The first-order chi connectivity index (χ1) is 12.5. The number of benzene rings is 2. The van der Waals surface area contributed by atoms with Crippen LogP contribution in [0.4, 0.5) is 10.5 Å². The Hall–Kier alpha value is -2.88. The third kappa shape index (κ3) is 2.81. The van der Waals surface area contributed by atoms with Gasteiger partial charge in [-0.1, -0.05) is 18.2 Å². The van der Waals surface area contributed by atoms with E-state index in [2.05, 4.69) is 27.9 Å². The molecule has 1 saturated heterocycles. The number of amides is 4. The summed E-state index contributed by atoms with van der Waals surface area (Å²) in [5, 5.41) is 2.20. The van der Waals surface area contributed by atoms with E-state index in [-0.39, 0.29) is 18.1 Å². The van der Waals surface area contributed by atoms with Crippen LogP contribution in [0.25, 0.3) is 6.08 Å². The van der Waals surface area contributed by atoms with Crippen LogP contribution < -0.4 is 19.7 Å². The molecule has 0 bridgehead atoms. The SMILES string of the molecule is O=C1NC(=O)N(c2ccc3c(c2)OCO3)C(=O)/C1=C/c1ccccc1I. The number of rotatable bonds is 2. The van der Waals surface area contributed by atoms with Crippen molar-refractivity contribution < 1.29 is 23.9 Å². The van der Waals surface area contributed by atoms with Gasteiger partial charge in [0.2, 0.25) is 6.79 Å². The summed E-state index contributed by atoms with van der Waals surface area (Å²) >= 11 is 2.11. The van der Waals surface area contributed by atoms with Crippen molar-refractivity contribution in [1.82, 2.24) is 5.32 Å². The zero-order valence-electron chi connectivity index (χ0n) is 13.2. The second-order valence-corrected chi connectivity index (χ2v) is 6.68. The maximum Gasteiger partial charge on any atom is 0.335 e. The largest absolute Gasteiger partial charge is 0.454 e. The molecule has 26 heavy (non-hydrogen) atoms. The van der Waals surface area contributed by atoms with Gasteiger partial charge >= 0.3 is 6.03 Å². The molecular formula is C18H11IN2O5. The highest BCUT2D eigenvalue weighted by molar-refractivity contribution is 14.1. The number of halogens is 1. The van der Waals surface area contributed by atoms with Gasteiger partial charge < -0.3 is 9.47 Å². The number of ether oxygens (including phenoxy) is 2. The van der Waals surface area contributed by atoms with Crippen molar-refractivity contribution in [2.24, 2.45) is 0 Å². The number of nitrogens with one attached hydrogen (secondary N) is 1. The topological polar surface area (TPSA) is 84.9 Å². The van der Waals surface area contributed by atoms with E-state index in [0.29, 0.717) is 17.1 Å². The smallest absolute Gasteiger partial charge is 0.335 e. The molecule has 4 amide bonds. The monoisotopic (exact) mass is 462 g/mol. The number of barbiturate groups is 1. The van der Waals surface area contributed by atoms with Crippen molar-refractivity contribution in [3.05, 3.63) is 57.2 Å². The zero-order chi connectivity index (χ0) is 18.3. The number of carbonyl (C=O) groups is 3. The number of hydrogen-bond donors (Lipinski definition) is 1. The van der Waals surface area contributed by atoms with Crippen molar-refractivity contribution >= 4 is 52.2 Å². The maximum atomic E-state index is 12.9. The van der Waals surface area contributed by atoms with Gasteiger partial charge in [0.05, 0.1) is 5.69 Å². The lowest BCUT2D eigenvalue weighted by atomic mass is 10.1. The summed E-state index contributed by atoms with van der Waals surface area (Å²) in [6, 6.07) is 11.2. The van der Waals surface area contributed by atoms with Gasteiger partial charge in [-0.2, -0.15) is 0 Å². The number of hydrogen-bond acceptors (Lipinski definition) is 5. The summed E-state index contributed by atoms with van der Waals surface area (Å²) in [6.07, 6.45) is 1.48. The van der Waals surface area contributed by atoms with Gasteiger partial charge in [-0.15, -0.1) is 0 Å². The molecule has 0 aliphatic carbocycles. The van der Waals surface area contributed by atoms with Crippen LogP contribution in [-0.4, -0.2) is 24.6 Å². The van der Waals surface area contributed by atoms with Gasteiger partial charge in [-0.05, 0) is 52.4 Å². The standard InChI is InChI=1S/C18H11IN2O5/c19-13-4-2-1-3-10(13)7-12-16(22)20-18(24)21(17(12)23)11-5-6-14-15(8-11)26-9-25-14/h1-8H,9H2,(H,20,22,24)/b12-7+. The molecule has 0 atom stereocenters. The van der Waals surface area contributed by atoms with Crippen LogP contribution in [0.1, 0.15) is 5.56 Å². The highest BCUT2D eigenvalue weighted by Crippen LogP contribution is 2.36. The van der Waals surface area contributed by atoms with Crippen LogP contribution in [0.5, 0.6) is 11.5 Å². The first-order valence-corrected chi connectivity index (χ1v) is 8.68. The highest BCUT2D eigenvalue weighted by atomic mass is 127. The highest BCUT2D eigenvalue weighted by Gasteiger charge is 2.37. The second kappa shape index (κ2) is 6.45. The molecule has 130 valence electrons. The van der Waals surface area contributed by atoms with Gasteiger partial charge in [0.15, 0.2) is 11.5 Å². The fraction of sp³-hybridized carbons (Fsp3) is 0.0556. The number of fused-ring (bicyclic) bond motifs is 1. The van der Waals surface area contributed by atoms with E-state index in [9.17, 15) is 14.4 Å². The molecule has 2 heterocycles. The number of anilines is 1. The molecule has 2 aromatic rings. The van der Waals surface area contributed by atoms with E-state index in [0.717, 1.165) is 8.47 Å². The van der Waals surface area contributed by atoms with Crippen LogP contribution in [0.2, 0.25) is 0 Å². The summed E-state index contributed by atoms with van der Waals surface area (Å²) in [4.78, 5) is 38.2. The van der Waals surface area contributed by atoms with Crippen LogP contribution in [0.3, 0.4) is 0 Å². The Kier molecular flexibility index (Phi) is 4.11. The number of urea groups is 1. The van der Waals surface area contributed by atoms with Gasteiger partial charge in [0.1, 0.15) is 5.57 Å². The van der Waals surface area contributed by atoms with Crippen molar-refractivity contribution in [1.29, 1.82) is 0 Å². The number of imide groups is 2. The van der Waals surface area contributed by atoms with E-state index in [1.54, 1.807) is 24.3 Å². The van der Waals surface area contributed by atoms with Crippen LogP contribution >= 0.6 is 22.6 Å². The second-order valence-electron chi connectivity index (χ2n) is 5.52. The molecule has 2 aliphatic rings. The van der Waals surface area contributed by atoms with E-state index in [1.807, 2.05) is 12.1 Å². The number of nitrogens with zero attached hydrogens (tertiary/aromatic N) is 1. The maximum absolute atomic E-state index is 12.9. The lowest BCUT2D eigenvalue weighted by molar-refractivity contribution is -0.122. The average Bonchev–Trinajstić information content (AvgIpc) is 3.08. The molecule has 0 radical (unpaired) electrons. The quantitative estimate of drug-likeness (QED) is 0.422. The Labute approximate surface area is 161 Å². The minimum absolute atomic E-state index is 0.0784.